The van der Waals surface area contributed by atoms with E-state index in [-0.39, 0.29) is 5.88 Å². The molecule has 1 aliphatic heterocycles. The highest BCUT2D eigenvalue weighted by molar-refractivity contribution is 6.32. The van der Waals surface area contributed by atoms with Crippen LogP contribution in [0.15, 0.2) is 47.5 Å². The number of halogens is 3. The van der Waals surface area contributed by atoms with Crippen LogP contribution >= 0.6 is 23.2 Å². The molecule has 0 fully saturated rings. The maximum atomic E-state index is 13.6. The Bertz CT molecular complexity index is 810. The number of fused-ring (bicyclic) bond motifs is 1. The molecule has 1 N–H and O–H groups in total. The van der Waals surface area contributed by atoms with E-state index in [2.05, 4.69) is 4.99 Å². The van der Waals surface area contributed by atoms with Gasteiger partial charge in [-0.1, -0.05) is 29.8 Å². The van der Waals surface area contributed by atoms with Gasteiger partial charge in [-0.05, 0) is 24.3 Å². The highest BCUT2D eigenvalue weighted by Crippen LogP contribution is 2.26. The average molecular weight is 325 g/mol. The van der Waals surface area contributed by atoms with Crippen molar-refractivity contribution in [1.29, 1.82) is 0 Å². The Morgan fingerprint density at radius 2 is 2.00 bits per heavy atom. The fourth-order valence-electron chi connectivity index (χ4n) is 2.32. The molecule has 0 aromatic heterocycles. The van der Waals surface area contributed by atoms with E-state index in [1.807, 2.05) is 0 Å². The van der Waals surface area contributed by atoms with Crippen molar-refractivity contribution >= 4 is 28.9 Å². The molecule has 0 spiro atoms. The second kappa shape index (κ2) is 5.64. The van der Waals surface area contributed by atoms with Crippen LogP contribution in [0.4, 0.5) is 4.39 Å². The summed E-state index contributed by atoms with van der Waals surface area (Å²) in [5, 5.41) is 12.8. The zero-order valence-corrected chi connectivity index (χ0v) is 12.3. The predicted molar refractivity (Wildman–Crippen MR) is 79.3 cm³/mol. The minimum Gasteiger partial charge on any atom is -0.286 e. The molecule has 1 heterocycles. The second-order valence-electron chi connectivity index (χ2n) is 4.60. The molecule has 0 bridgehead atoms. The second-order valence-corrected chi connectivity index (χ2v) is 5.31. The Hall–Kier alpha value is -1.62. The summed E-state index contributed by atoms with van der Waals surface area (Å²) in [6.07, 6.45) is -0.643. The third kappa shape index (κ3) is 2.50. The first kappa shape index (κ1) is 14.3. The van der Waals surface area contributed by atoms with Gasteiger partial charge < -0.3 is 0 Å². The molecule has 1 unspecified atom stereocenters. The molecular weight excluding hydrogens is 314 g/mol. The number of hydroxylamine groups is 2. The van der Waals surface area contributed by atoms with Crippen LogP contribution < -0.4 is 10.6 Å². The number of hydrogen-bond acceptors (Lipinski definition) is 3. The van der Waals surface area contributed by atoms with E-state index < -0.39 is 12.0 Å². The normalized spacial score (nSPS) is 17.4. The molecule has 108 valence electrons. The summed E-state index contributed by atoms with van der Waals surface area (Å²) in [5.41, 5.74) is 0.995. The van der Waals surface area contributed by atoms with Crippen LogP contribution in [0.1, 0.15) is 5.56 Å². The third-order valence-corrected chi connectivity index (χ3v) is 3.89. The summed E-state index contributed by atoms with van der Waals surface area (Å²) >= 11 is 12.1. The van der Waals surface area contributed by atoms with Gasteiger partial charge in [0.15, 0.2) is 6.17 Å². The molecule has 0 saturated heterocycles. The van der Waals surface area contributed by atoms with Crippen LogP contribution in [0.25, 0.3) is 5.70 Å². The molecule has 2 aromatic carbocycles. The monoisotopic (exact) mass is 324 g/mol. The van der Waals surface area contributed by atoms with E-state index in [9.17, 15) is 9.60 Å². The molecule has 6 heteroatoms. The van der Waals surface area contributed by atoms with Crippen molar-refractivity contribution < 1.29 is 9.60 Å². The lowest BCUT2D eigenvalue weighted by molar-refractivity contribution is -0.0601. The summed E-state index contributed by atoms with van der Waals surface area (Å²) in [6, 6.07) is 11.3. The van der Waals surface area contributed by atoms with Crippen molar-refractivity contribution in [1.82, 2.24) is 5.06 Å². The van der Waals surface area contributed by atoms with E-state index >= 15 is 0 Å². The minimum absolute atomic E-state index is 0.0985. The van der Waals surface area contributed by atoms with Gasteiger partial charge >= 0.3 is 0 Å². The van der Waals surface area contributed by atoms with Crippen LogP contribution in [0.2, 0.25) is 5.02 Å². The molecule has 1 atom stereocenters. The first-order chi connectivity index (χ1) is 10.1. The summed E-state index contributed by atoms with van der Waals surface area (Å²) in [7, 11) is 0. The lowest BCUT2D eigenvalue weighted by Gasteiger charge is -2.29. The Morgan fingerprint density at radius 1 is 1.24 bits per heavy atom. The summed E-state index contributed by atoms with van der Waals surface area (Å²) < 4.78 is 13.6. The largest absolute Gasteiger partial charge is 0.286 e. The highest BCUT2D eigenvalue weighted by Gasteiger charge is 2.24. The first-order valence-corrected chi connectivity index (χ1v) is 7.19. The van der Waals surface area contributed by atoms with Gasteiger partial charge in [0.2, 0.25) is 0 Å². The highest BCUT2D eigenvalue weighted by atomic mass is 35.5. The molecule has 0 amide bonds. The van der Waals surface area contributed by atoms with Gasteiger partial charge in [0, 0.05) is 15.8 Å². The van der Waals surface area contributed by atoms with Crippen molar-refractivity contribution in [2.24, 2.45) is 4.99 Å². The molecular formula is C15H11Cl2FN2O. The quantitative estimate of drug-likeness (QED) is 0.862. The zero-order chi connectivity index (χ0) is 15.0. The Labute approximate surface area is 130 Å². The third-order valence-electron chi connectivity index (χ3n) is 3.28. The molecule has 3 rings (SSSR count). The lowest BCUT2D eigenvalue weighted by Crippen LogP contribution is -2.45. The van der Waals surface area contributed by atoms with Gasteiger partial charge in [0.25, 0.3) is 0 Å². The van der Waals surface area contributed by atoms with E-state index in [0.717, 1.165) is 5.06 Å². The number of rotatable bonds is 2. The fourth-order valence-corrected chi connectivity index (χ4v) is 2.74. The minimum atomic E-state index is -0.643. The van der Waals surface area contributed by atoms with E-state index in [0.29, 0.717) is 26.9 Å². The Morgan fingerprint density at radius 3 is 2.71 bits per heavy atom. The number of benzene rings is 2. The van der Waals surface area contributed by atoms with Crippen LogP contribution in [0.5, 0.6) is 0 Å². The van der Waals surface area contributed by atoms with Crippen LogP contribution in [-0.4, -0.2) is 22.3 Å². The van der Waals surface area contributed by atoms with E-state index in [4.69, 9.17) is 23.2 Å². The molecule has 21 heavy (non-hydrogen) atoms. The number of hydrogen-bond donors (Lipinski definition) is 1. The molecule has 0 radical (unpaired) electrons. The van der Waals surface area contributed by atoms with Crippen LogP contribution in [0.3, 0.4) is 0 Å². The zero-order valence-electron chi connectivity index (χ0n) is 10.8. The predicted octanol–water partition coefficient (Wildman–Crippen LogP) is 2.52. The van der Waals surface area contributed by atoms with Crippen molar-refractivity contribution in [2.45, 2.75) is 6.17 Å². The van der Waals surface area contributed by atoms with E-state index in [1.165, 1.54) is 12.1 Å². The first-order valence-electron chi connectivity index (χ1n) is 6.28. The topological polar surface area (TPSA) is 35.8 Å². The maximum absolute atomic E-state index is 13.6. The van der Waals surface area contributed by atoms with Gasteiger partial charge in [-0.2, -0.15) is 0 Å². The summed E-state index contributed by atoms with van der Waals surface area (Å²) in [5.74, 6) is -0.312. The van der Waals surface area contributed by atoms with Crippen molar-refractivity contribution in [3.8, 4) is 0 Å². The maximum Gasteiger partial charge on any atom is 0.160 e. The van der Waals surface area contributed by atoms with Crippen molar-refractivity contribution in [3.05, 3.63) is 69.4 Å². The lowest BCUT2D eigenvalue weighted by atomic mass is 10.1. The van der Waals surface area contributed by atoms with Gasteiger partial charge in [-0.25, -0.2) is 9.45 Å². The number of nitrogens with zero attached hydrogens (tertiary/aromatic N) is 2. The fraction of sp³-hybridized carbons (Fsp3) is 0.133. The summed E-state index contributed by atoms with van der Waals surface area (Å²) in [6.45, 7) is 0. The standard InChI is InChI=1S/C15H11Cl2FN2O/c16-8-14-19-13-6-5-9(18)7-11(13)15(20(14)21)10-3-1-2-4-12(10)17/h1-7,14,21H,8H2. The van der Waals surface area contributed by atoms with Gasteiger partial charge in [-0.15, -0.1) is 11.6 Å². The van der Waals surface area contributed by atoms with Crippen LogP contribution in [0, 0.1) is 5.82 Å². The molecule has 3 nitrogen and oxygen atoms in total. The average Bonchev–Trinajstić information content (AvgIpc) is 2.48. The van der Waals surface area contributed by atoms with Gasteiger partial charge in [-0.3, -0.25) is 10.2 Å². The molecule has 0 saturated carbocycles. The number of alkyl halides is 1. The molecule has 0 aliphatic carbocycles. The van der Waals surface area contributed by atoms with Crippen molar-refractivity contribution in [3.63, 3.8) is 0 Å². The van der Waals surface area contributed by atoms with Gasteiger partial charge in [0.05, 0.1) is 16.9 Å². The van der Waals surface area contributed by atoms with Crippen LogP contribution in [-0.2, 0) is 0 Å². The molecule has 1 aliphatic rings. The molecule has 2 aromatic rings. The SMILES string of the molecule is ON1C(c2ccccc2Cl)=c2cc(F)ccc2=NC1CCl. The smallest absolute Gasteiger partial charge is 0.160 e. The van der Waals surface area contributed by atoms with E-state index in [1.54, 1.807) is 30.3 Å². The Kier molecular flexibility index (Phi) is 3.85. The summed E-state index contributed by atoms with van der Waals surface area (Å²) in [4.78, 5) is 4.30. The van der Waals surface area contributed by atoms with Crippen molar-refractivity contribution in [2.75, 3.05) is 5.88 Å². The van der Waals surface area contributed by atoms with Gasteiger partial charge in [0.1, 0.15) is 5.82 Å². The Balaban J connectivity index is 2.40.